The van der Waals surface area contributed by atoms with Crippen molar-refractivity contribution in [3.63, 3.8) is 0 Å². The van der Waals surface area contributed by atoms with Crippen LogP contribution in [0.2, 0.25) is 0 Å². The first-order valence-electron chi connectivity index (χ1n) is 6.71. The summed E-state index contributed by atoms with van der Waals surface area (Å²) in [6.45, 7) is 0.832. The van der Waals surface area contributed by atoms with Gasteiger partial charge in [0.05, 0.1) is 11.9 Å². The van der Waals surface area contributed by atoms with Crippen LogP contribution in [0.25, 0.3) is 10.4 Å². The van der Waals surface area contributed by atoms with Gasteiger partial charge in [-0.15, -0.1) is 22.7 Å². The number of anilines is 2. The smallest absolute Gasteiger partial charge is 0.128 e. The molecule has 0 unspecified atom stereocenters. The number of rotatable bonds is 5. The Bertz CT molecular complexity index is 685. The van der Waals surface area contributed by atoms with Crippen LogP contribution in [0.3, 0.4) is 0 Å². The van der Waals surface area contributed by atoms with E-state index in [2.05, 4.69) is 45.3 Å². The molecule has 3 aromatic rings. The van der Waals surface area contributed by atoms with Crippen LogP contribution in [0.15, 0.2) is 47.3 Å². The van der Waals surface area contributed by atoms with E-state index in [-0.39, 0.29) is 0 Å². The van der Waals surface area contributed by atoms with Gasteiger partial charge in [-0.2, -0.15) is 0 Å². The van der Waals surface area contributed by atoms with Crippen molar-refractivity contribution in [3.8, 4) is 10.4 Å². The van der Waals surface area contributed by atoms with Gasteiger partial charge in [0, 0.05) is 36.0 Å². The average molecular weight is 315 g/mol. The minimum atomic E-state index is 0.832. The lowest BCUT2D eigenvalue weighted by Gasteiger charge is -2.11. The van der Waals surface area contributed by atoms with Crippen molar-refractivity contribution in [1.29, 1.82) is 0 Å². The Balaban J connectivity index is 1.62. The van der Waals surface area contributed by atoms with Gasteiger partial charge in [-0.25, -0.2) is 4.98 Å². The minimum absolute atomic E-state index is 0.832. The van der Waals surface area contributed by atoms with Crippen LogP contribution in [-0.4, -0.2) is 19.1 Å². The second kappa shape index (κ2) is 6.28. The van der Waals surface area contributed by atoms with Gasteiger partial charge in [-0.05, 0) is 35.0 Å². The molecule has 3 heterocycles. The van der Waals surface area contributed by atoms with Crippen molar-refractivity contribution in [2.75, 3.05) is 24.3 Å². The lowest BCUT2D eigenvalue weighted by atomic mass is 10.2. The summed E-state index contributed by atoms with van der Waals surface area (Å²) in [5.74, 6) is 0.969. The fourth-order valence-electron chi connectivity index (χ4n) is 1.99. The number of hydrogen-bond acceptors (Lipinski definition) is 5. The zero-order valence-corrected chi connectivity index (χ0v) is 13.7. The first-order chi connectivity index (χ1) is 10.2. The molecule has 0 saturated carbocycles. The van der Waals surface area contributed by atoms with Crippen LogP contribution < -0.4 is 10.2 Å². The van der Waals surface area contributed by atoms with Crippen molar-refractivity contribution in [1.82, 2.24) is 4.98 Å². The number of aromatic nitrogens is 1. The molecule has 21 heavy (non-hydrogen) atoms. The third-order valence-electron chi connectivity index (χ3n) is 3.13. The summed E-state index contributed by atoms with van der Waals surface area (Å²) >= 11 is 3.57. The van der Waals surface area contributed by atoms with Crippen molar-refractivity contribution in [2.45, 2.75) is 6.54 Å². The Morgan fingerprint density at radius 2 is 2.10 bits per heavy atom. The SMILES string of the molecule is CN(C)c1ccc(NCc2cc(-c3cccs3)cs2)cn1. The third-order valence-corrected chi connectivity index (χ3v) is 4.99. The second-order valence-electron chi connectivity index (χ2n) is 4.93. The van der Waals surface area contributed by atoms with E-state index in [1.54, 1.807) is 22.7 Å². The number of pyridine rings is 1. The van der Waals surface area contributed by atoms with E-state index in [9.17, 15) is 0 Å². The first kappa shape index (κ1) is 14.1. The fraction of sp³-hybridized carbons (Fsp3) is 0.188. The molecule has 1 N–H and O–H groups in total. The van der Waals surface area contributed by atoms with E-state index >= 15 is 0 Å². The van der Waals surface area contributed by atoms with E-state index in [0.717, 1.165) is 18.1 Å². The molecule has 3 nitrogen and oxygen atoms in total. The summed E-state index contributed by atoms with van der Waals surface area (Å²) in [4.78, 5) is 9.06. The predicted molar refractivity (Wildman–Crippen MR) is 93.5 cm³/mol. The van der Waals surface area contributed by atoms with Gasteiger partial charge in [0.1, 0.15) is 5.82 Å². The predicted octanol–water partition coefficient (Wildman–Crippen LogP) is 4.55. The molecule has 108 valence electrons. The van der Waals surface area contributed by atoms with Gasteiger partial charge in [-0.3, -0.25) is 0 Å². The highest BCUT2D eigenvalue weighted by atomic mass is 32.1. The second-order valence-corrected chi connectivity index (χ2v) is 6.88. The molecule has 0 saturated heterocycles. The van der Waals surface area contributed by atoms with Gasteiger partial charge < -0.3 is 10.2 Å². The van der Waals surface area contributed by atoms with E-state index in [1.807, 2.05) is 31.3 Å². The maximum Gasteiger partial charge on any atom is 0.128 e. The van der Waals surface area contributed by atoms with Crippen LogP contribution in [0, 0.1) is 0 Å². The molecular weight excluding hydrogens is 298 g/mol. The Hall–Kier alpha value is -1.85. The highest BCUT2D eigenvalue weighted by Crippen LogP contribution is 2.29. The van der Waals surface area contributed by atoms with Crippen molar-refractivity contribution < 1.29 is 0 Å². The summed E-state index contributed by atoms with van der Waals surface area (Å²) in [6.07, 6.45) is 1.88. The average Bonchev–Trinajstić information content (AvgIpc) is 3.16. The lowest BCUT2D eigenvalue weighted by Crippen LogP contribution is -2.10. The Morgan fingerprint density at radius 3 is 2.76 bits per heavy atom. The number of nitrogens with one attached hydrogen (secondary N) is 1. The van der Waals surface area contributed by atoms with Crippen molar-refractivity contribution in [2.24, 2.45) is 0 Å². The monoisotopic (exact) mass is 315 g/mol. The molecule has 0 amide bonds. The Kier molecular flexibility index (Phi) is 4.22. The molecule has 0 radical (unpaired) electrons. The molecule has 0 atom stereocenters. The normalized spacial score (nSPS) is 10.6. The summed E-state index contributed by atoms with van der Waals surface area (Å²) in [5, 5.41) is 7.75. The van der Waals surface area contributed by atoms with E-state index in [1.165, 1.54) is 15.3 Å². The molecule has 0 aliphatic heterocycles. The number of nitrogens with zero attached hydrogens (tertiary/aromatic N) is 2. The quantitative estimate of drug-likeness (QED) is 0.748. The number of hydrogen-bond donors (Lipinski definition) is 1. The van der Waals surface area contributed by atoms with E-state index in [4.69, 9.17) is 0 Å². The molecule has 0 spiro atoms. The fourth-order valence-corrected chi connectivity index (χ4v) is 3.60. The zero-order chi connectivity index (χ0) is 14.7. The first-order valence-corrected chi connectivity index (χ1v) is 8.47. The Labute approximate surface area is 132 Å². The van der Waals surface area contributed by atoms with Crippen LogP contribution in [0.4, 0.5) is 11.5 Å². The molecule has 0 aliphatic carbocycles. The van der Waals surface area contributed by atoms with Crippen LogP contribution in [-0.2, 0) is 6.54 Å². The molecule has 0 aliphatic rings. The van der Waals surface area contributed by atoms with Crippen LogP contribution >= 0.6 is 22.7 Å². The highest BCUT2D eigenvalue weighted by Gasteiger charge is 2.04. The van der Waals surface area contributed by atoms with Gasteiger partial charge in [-0.1, -0.05) is 6.07 Å². The maximum atomic E-state index is 4.40. The van der Waals surface area contributed by atoms with E-state index < -0.39 is 0 Å². The topological polar surface area (TPSA) is 28.2 Å². The van der Waals surface area contributed by atoms with Gasteiger partial charge >= 0.3 is 0 Å². The number of thiophene rings is 2. The summed E-state index contributed by atoms with van der Waals surface area (Å²) < 4.78 is 0. The maximum absolute atomic E-state index is 4.40. The zero-order valence-electron chi connectivity index (χ0n) is 12.0. The molecule has 0 aromatic carbocycles. The van der Waals surface area contributed by atoms with Crippen LogP contribution in [0.1, 0.15) is 4.88 Å². The van der Waals surface area contributed by atoms with Crippen LogP contribution in [0.5, 0.6) is 0 Å². The lowest BCUT2D eigenvalue weighted by molar-refractivity contribution is 1.06. The van der Waals surface area contributed by atoms with Gasteiger partial charge in [0.25, 0.3) is 0 Å². The largest absolute Gasteiger partial charge is 0.379 e. The molecule has 3 aromatic heterocycles. The molecule has 5 heteroatoms. The summed E-state index contributed by atoms with van der Waals surface area (Å²) in [5.41, 5.74) is 2.36. The highest BCUT2D eigenvalue weighted by molar-refractivity contribution is 7.14. The van der Waals surface area contributed by atoms with E-state index in [0.29, 0.717) is 0 Å². The molecular formula is C16H17N3S2. The minimum Gasteiger partial charge on any atom is -0.379 e. The van der Waals surface area contributed by atoms with Crippen molar-refractivity contribution >= 4 is 34.2 Å². The third kappa shape index (κ3) is 3.43. The molecule has 0 fully saturated rings. The summed E-state index contributed by atoms with van der Waals surface area (Å²) in [6, 6.07) is 10.6. The standard InChI is InChI=1S/C16H17N3S2/c1-19(2)16-6-5-13(9-18-16)17-10-14-8-12(11-21-14)15-4-3-7-20-15/h3-9,11,17H,10H2,1-2H3. The molecule has 0 bridgehead atoms. The van der Waals surface area contributed by atoms with Gasteiger partial charge in [0.2, 0.25) is 0 Å². The molecule has 3 rings (SSSR count). The summed E-state index contributed by atoms with van der Waals surface area (Å²) in [7, 11) is 3.99. The Morgan fingerprint density at radius 1 is 1.19 bits per heavy atom. The van der Waals surface area contributed by atoms with Gasteiger partial charge in [0.15, 0.2) is 0 Å². The van der Waals surface area contributed by atoms with Crippen molar-refractivity contribution in [3.05, 3.63) is 52.2 Å².